The van der Waals surface area contributed by atoms with E-state index < -0.39 is 11.4 Å². The van der Waals surface area contributed by atoms with Gasteiger partial charge in [0.05, 0.1) is 12.6 Å². The molecule has 8 nitrogen and oxygen atoms in total. The summed E-state index contributed by atoms with van der Waals surface area (Å²) in [6.07, 6.45) is 3.43. The number of aromatic nitrogens is 2. The van der Waals surface area contributed by atoms with Crippen LogP contribution in [0.5, 0.6) is 11.8 Å². The van der Waals surface area contributed by atoms with Crippen molar-refractivity contribution >= 4 is 27.5 Å². The molecule has 6 rings (SSSR count). The summed E-state index contributed by atoms with van der Waals surface area (Å²) in [6.45, 7) is 3.26. The molecule has 3 heterocycles. The first-order valence-electron chi connectivity index (χ1n) is 12.1. The topological polar surface area (TPSA) is 91.9 Å². The number of hydrogen-bond acceptors (Lipinski definition) is 8. The number of likely N-dealkylation sites (N-methyl/N-ethyl adjacent to an activating group) is 1. The maximum absolute atomic E-state index is 14.9. The molecule has 186 valence electrons. The highest BCUT2D eigenvalue weighted by Gasteiger charge is 2.36. The van der Waals surface area contributed by atoms with Crippen LogP contribution in [0.4, 0.5) is 10.2 Å². The van der Waals surface area contributed by atoms with Crippen molar-refractivity contribution in [2.24, 2.45) is 0 Å². The van der Waals surface area contributed by atoms with E-state index in [1.54, 1.807) is 19.1 Å². The number of anilines is 1. The van der Waals surface area contributed by atoms with Gasteiger partial charge in [-0.25, -0.2) is 9.18 Å². The Kier molecular flexibility index (Phi) is 5.33. The zero-order chi connectivity index (χ0) is 25.1. The van der Waals surface area contributed by atoms with E-state index in [-0.39, 0.29) is 33.9 Å². The first kappa shape index (κ1) is 22.7. The van der Waals surface area contributed by atoms with Crippen LogP contribution in [0.25, 0.3) is 33.0 Å². The molecular weight excluding hydrogens is 463 g/mol. The van der Waals surface area contributed by atoms with Gasteiger partial charge in [0.2, 0.25) is 0 Å². The molecule has 0 spiro atoms. The smallest absolute Gasteiger partial charge is 0.349 e. The monoisotopic (exact) mass is 490 g/mol. The lowest BCUT2D eigenvalue weighted by molar-refractivity contribution is 0.249. The third kappa shape index (κ3) is 3.65. The van der Waals surface area contributed by atoms with Crippen molar-refractivity contribution in [1.29, 1.82) is 0 Å². The number of aryl methyl sites for hydroxylation is 1. The van der Waals surface area contributed by atoms with Crippen LogP contribution < -0.4 is 15.3 Å². The minimum atomic E-state index is -0.616. The summed E-state index contributed by atoms with van der Waals surface area (Å²) in [5.74, 6) is 0.0967. The average Bonchev–Trinajstić information content (AvgIpc) is 3.60. The van der Waals surface area contributed by atoms with Gasteiger partial charge in [-0.2, -0.15) is 9.97 Å². The molecule has 1 aliphatic carbocycles. The minimum Gasteiger partial charge on any atom is -0.508 e. The summed E-state index contributed by atoms with van der Waals surface area (Å²) in [5.41, 5.74) is 0.587. The second-order valence-corrected chi connectivity index (χ2v) is 9.72. The lowest BCUT2D eigenvalue weighted by atomic mass is 9.98. The highest BCUT2D eigenvalue weighted by atomic mass is 19.1. The van der Waals surface area contributed by atoms with Crippen molar-refractivity contribution in [3.8, 4) is 23.1 Å². The molecule has 36 heavy (non-hydrogen) atoms. The molecule has 2 aromatic carbocycles. The number of ether oxygens (including phenoxy) is 1. The molecule has 9 heteroatoms. The Morgan fingerprint density at radius 3 is 2.72 bits per heavy atom. The molecule has 0 amide bonds. The van der Waals surface area contributed by atoms with Crippen molar-refractivity contribution in [2.75, 3.05) is 32.1 Å². The third-order valence-corrected chi connectivity index (χ3v) is 7.46. The van der Waals surface area contributed by atoms with Gasteiger partial charge in [0.1, 0.15) is 22.7 Å². The first-order chi connectivity index (χ1) is 17.4. The Hall–Kier alpha value is -3.72. The predicted molar refractivity (Wildman–Crippen MR) is 135 cm³/mol. The van der Waals surface area contributed by atoms with Crippen LogP contribution in [-0.4, -0.2) is 59.3 Å². The summed E-state index contributed by atoms with van der Waals surface area (Å²) in [5, 5.41) is 11.3. The minimum absolute atomic E-state index is 0.0610. The third-order valence-electron chi connectivity index (χ3n) is 7.46. The van der Waals surface area contributed by atoms with Gasteiger partial charge in [0.25, 0.3) is 0 Å². The maximum atomic E-state index is 14.9. The van der Waals surface area contributed by atoms with Crippen molar-refractivity contribution in [1.82, 2.24) is 14.9 Å². The molecule has 0 bridgehead atoms. The van der Waals surface area contributed by atoms with E-state index in [1.807, 2.05) is 0 Å². The molecule has 1 atom stereocenters. The molecule has 2 aromatic heterocycles. The van der Waals surface area contributed by atoms with E-state index in [1.165, 1.54) is 38.2 Å². The van der Waals surface area contributed by atoms with Crippen molar-refractivity contribution in [3.05, 3.63) is 52.1 Å². The Morgan fingerprint density at radius 2 is 1.97 bits per heavy atom. The van der Waals surface area contributed by atoms with Gasteiger partial charge >= 0.3 is 11.6 Å². The number of phenols is 1. The fraction of sp³-hybridized carbons (Fsp3) is 0.370. The first-order valence-corrected chi connectivity index (χ1v) is 12.1. The normalized spacial score (nSPS) is 18.0. The number of methoxy groups -OCH3 is 1. The molecule has 2 fully saturated rings. The molecule has 2 aliphatic rings. The van der Waals surface area contributed by atoms with Crippen LogP contribution in [0.1, 0.15) is 24.8 Å². The quantitative estimate of drug-likeness (QED) is 0.444. The predicted octanol–water partition coefficient (Wildman–Crippen LogP) is 4.24. The van der Waals surface area contributed by atoms with Gasteiger partial charge in [0.15, 0.2) is 5.82 Å². The molecule has 1 N–H and O–H groups in total. The number of hydrogen-bond donors (Lipinski definition) is 1. The number of aromatic hydroxyl groups is 1. The summed E-state index contributed by atoms with van der Waals surface area (Å²) in [4.78, 5) is 27.0. The Morgan fingerprint density at radius 1 is 1.17 bits per heavy atom. The van der Waals surface area contributed by atoms with E-state index in [0.717, 1.165) is 19.5 Å². The van der Waals surface area contributed by atoms with Crippen molar-refractivity contribution in [2.45, 2.75) is 38.3 Å². The number of benzene rings is 2. The van der Waals surface area contributed by atoms with Gasteiger partial charge in [-0.1, -0.05) is 12.1 Å². The average molecular weight is 491 g/mol. The number of fused-ring (bicyclic) bond motifs is 2. The molecule has 1 unspecified atom stereocenters. The van der Waals surface area contributed by atoms with Crippen LogP contribution in [0.3, 0.4) is 0 Å². The van der Waals surface area contributed by atoms with E-state index in [0.29, 0.717) is 34.4 Å². The van der Waals surface area contributed by atoms with Gasteiger partial charge in [-0.15, -0.1) is 0 Å². The second kappa shape index (κ2) is 8.44. The summed E-state index contributed by atoms with van der Waals surface area (Å²) in [7, 11) is 3.65. The van der Waals surface area contributed by atoms with Gasteiger partial charge < -0.3 is 19.2 Å². The van der Waals surface area contributed by atoms with Crippen LogP contribution in [0.2, 0.25) is 0 Å². The van der Waals surface area contributed by atoms with Crippen LogP contribution in [-0.2, 0) is 0 Å². The molecule has 0 radical (unpaired) electrons. The van der Waals surface area contributed by atoms with E-state index >= 15 is 0 Å². The Labute approximate surface area is 206 Å². The second-order valence-electron chi connectivity index (χ2n) is 9.72. The number of nitrogens with zero attached hydrogens (tertiary/aromatic N) is 4. The van der Waals surface area contributed by atoms with Crippen molar-refractivity contribution in [3.63, 3.8) is 0 Å². The van der Waals surface area contributed by atoms with E-state index in [9.17, 15) is 14.3 Å². The van der Waals surface area contributed by atoms with Crippen LogP contribution in [0.15, 0.2) is 39.5 Å². The van der Waals surface area contributed by atoms with Gasteiger partial charge in [0, 0.05) is 41.7 Å². The van der Waals surface area contributed by atoms with Gasteiger partial charge in [-0.3, -0.25) is 4.90 Å². The lowest BCUT2D eigenvalue weighted by Crippen LogP contribution is -2.36. The summed E-state index contributed by atoms with van der Waals surface area (Å²) >= 11 is 0. The lowest BCUT2D eigenvalue weighted by Gasteiger charge is -2.25. The van der Waals surface area contributed by atoms with Crippen LogP contribution >= 0.6 is 0 Å². The fourth-order valence-corrected chi connectivity index (χ4v) is 5.39. The summed E-state index contributed by atoms with van der Waals surface area (Å²) < 4.78 is 26.1. The highest BCUT2D eigenvalue weighted by Crippen LogP contribution is 2.39. The number of halogens is 1. The SMILES string of the molecule is COc1nc(N2CCC(N(C)C3CC3)C2)c2c(=O)oc(-c3cc(O)cc4cccc(F)c34)c(C)c2n1. The summed E-state index contributed by atoms with van der Waals surface area (Å²) in [6, 6.07) is 8.64. The molecule has 1 saturated carbocycles. The zero-order valence-electron chi connectivity index (χ0n) is 20.4. The van der Waals surface area contributed by atoms with E-state index in [4.69, 9.17) is 9.15 Å². The standard InChI is InChI=1S/C27H27FN4O4/c1-14-23-22(25(30-27(29-23)35-3)32-10-9-17(13-32)31(2)16-7-8-16)26(34)36-24(14)19-12-18(33)11-15-5-4-6-20(28)21(15)19/h4-6,11-12,16-17,33H,7-10,13H2,1-3H3. The molecule has 1 aliphatic heterocycles. The van der Waals surface area contributed by atoms with Crippen LogP contribution in [0, 0.1) is 12.7 Å². The number of phenolic OH excluding ortho intramolecular Hbond substituents is 1. The molecular formula is C27H27FN4O4. The maximum Gasteiger partial charge on any atom is 0.349 e. The van der Waals surface area contributed by atoms with Crippen molar-refractivity contribution < 1.29 is 18.7 Å². The molecule has 1 saturated heterocycles. The Bertz CT molecular complexity index is 1570. The Balaban J connectivity index is 1.54. The zero-order valence-corrected chi connectivity index (χ0v) is 20.4. The number of rotatable bonds is 5. The molecule has 4 aromatic rings. The van der Waals surface area contributed by atoms with Gasteiger partial charge in [-0.05, 0) is 56.8 Å². The largest absolute Gasteiger partial charge is 0.508 e. The van der Waals surface area contributed by atoms with E-state index in [2.05, 4.69) is 26.8 Å². The fourth-order valence-electron chi connectivity index (χ4n) is 5.39. The highest BCUT2D eigenvalue weighted by molar-refractivity contribution is 6.00.